The van der Waals surface area contributed by atoms with Crippen LogP contribution in [0, 0.1) is 6.92 Å². The first-order chi connectivity index (χ1) is 9.80. The van der Waals surface area contributed by atoms with Crippen molar-refractivity contribution in [2.45, 2.75) is 65.2 Å². The first kappa shape index (κ1) is 16.2. The lowest BCUT2D eigenvalue weighted by molar-refractivity contribution is -0.0751. The molecule has 1 saturated heterocycles. The summed E-state index contributed by atoms with van der Waals surface area (Å²) in [6.45, 7) is 12.4. The monoisotopic (exact) mass is 291 g/mol. The fraction of sp³-hybridized carbons (Fsp3) is 0.706. The molecule has 0 aliphatic carbocycles. The lowest BCUT2D eigenvalue weighted by Gasteiger charge is -2.42. The fourth-order valence-corrected chi connectivity index (χ4v) is 3.13. The van der Waals surface area contributed by atoms with Gasteiger partial charge in [0.15, 0.2) is 0 Å². The van der Waals surface area contributed by atoms with Crippen LogP contribution in [-0.4, -0.2) is 35.8 Å². The van der Waals surface area contributed by atoms with Crippen LogP contribution in [0.15, 0.2) is 12.3 Å². The molecule has 4 heteroatoms. The van der Waals surface area contributed by atoms with Gasteiger partial charge in [0.05, 0.1) is 11.7 Å². The number of nitrogens with two attached hydrogens (primary N) is 1. The third kappa shape index (κ3) is 4.17. The molecule has 2 unspecified atom stereocenters. The van der Waals surface area contributed by atoms with Crippen molar-refractivity contribution in [3.63, 3.8) is 0 Å². The van der Waals surface area contributed by atoms with E-state index in [1.807, 2.05) is 6.20 Å². The van der Waals surface area contributed by atoms with Crippen LogP contribution >= 0.6 is 0 Å². The predicted octanol–water partition coefficient (Wildman–Crippen LogP) is 2.67. The summed E-state index contributed by atoms with van der Waals surface area (Å²) >= 11 is 0. The second kappa shape index (κ2) is 6.32. The van der Waals surface area contributed by atoms with E-state index in [1.165, 1.54) is 11.1 Å². The van der Waals surface area contributed by atoms with Crippen molar-refractivity contribution in [2.75, 3.05) is 18.0 Å². The minimum atomic E-state index is -0.130. The third-order valence-corrected chi connectivity index (χ3v) is 4.00. The number of nitrogens with zero attached hydrogens (tertiary/aromatic N) is 2. The maximum atomic E-state index is 6.03. The maximum Gasteiger partial charge on any atom is 0.131 e. The normalized spacial score (nSPS) is 23.1. The van der Waals surface area contributed by atoms with E-state index in [4.69, 9.17) is 15.5 Å². The standard InChI is InChI=1S/C17H29N3O/c1-6-15(18)8-14-7-12(2)16(19-9-14)20-10-13(3)21-17(4,5)11-20/h7,9,13,15H,6,8,10-11,18H2,1-5H3. The van der Waals surface area contributed by atoms with Crippen LogP contribution in [0.1, 0.15) is 45.2 Å². The Bertz CT molecular complexity index is 487. The Balaban J connectivity index is 2.17. The van der Waals surface area contributed by atoms with E-state index in [9.17, 15) is 0 Å². The quantitative estimate of drug-likeness (QED) is 0.926. The topological polar surface area (TPSA) is 51.4 Å². The molecular weight excluding hydrogens is 262 g/mol. The fourth-order valence-electron chi connectivity index (χ4n) is 3.13. The average molecular weight is 291 g/mol. The van der Waals surface area contributed by atoms with Gasteiger partial charge in [0.1, 0.15) is 5.82 Å². The maximum absolute atomic E-state index is 6.03. The van der Waals surface area contributed by atoms with Crippen molar-refractivity contribution < 1.29 is 4.74 Å². The summed E-state index contributed by atoms with van der Waals surface area (Å²) in [5.41, 5.74) is 8.36. The van der Waals surface area contributed by atoms with E-state index in [1.54, 1.807) is 0 Å². The Morgan fingerprint density at radius 1 is 1.52 bits per heavy atom. The van der Waals surface area contributed by atoms with E-state index in [2.05, 4.69) is 45.6 Å². The second-order valence-corrected chi connectivity index (χ2v) is 6.93. The zero-order valence-electron chi connectivity index (χ0n) is 14.0. The van der Waals surface area contributed by atoms with E-state index >= 15 is 0 Å². The van der Waals surface area contributed by atoms with E-state index in [0.29, 0.717) is 0 Å². The molecule has 21 heavy (non-hydrogen) atoms. The molecule has 118 valence electrons. The lowest BCUT2D eigenvalue weighted by Crippen LogP contribution is -2.52. The molecule has 2 rings (SSSR count). The molecule has 2 atom stereocenters. The highest BCUT2D eigenvalue weighted by molar-refractivity contribution is 5.48. The van der Waals surface area contributed by atoms with Crippen LogP contribution in [0.5, 0.6) is 0 Å². The highest BCUT2D eigenvalue weighted by Crippen LogP contribution is 2.27. The molecule has 0 spiro atoms. The molecule has 0 bridgehead atoms. The third-order valence-electron chi connectivity index (χ3n) is 4.00. The number of pyridine rings is 1. The van der Waals surface area contributed by atoms with Gasteiger partial charge >= 0.3 is 0 Å². The summed E-state index contributed by atoms with van der Waals surface area (Å²) in [6, 6.07) is 2.45. The lowest BCUT2D eigenvalue weighted by atomic mass is 10.0. The smallest absolute Gasteiger partial charge is 0.131 e. The van der Waals surface area contributed by atoms with Crippen LogP contribution in [0.2, 0.25) is 0 Å². The predicted molar refractivity (Wildman–Crippen MR) is 87.8 cm³/mol. The summed E-state index contributed by atoms with van der Waals surface area (Å²) in [4.78, 5) is 7.04. The van der Waals surface area contributed by atoms with Crippen LogP contribution in [0.4, 0.5) is 5.82 Å². The molecule has 0 amide bonds. The van der Waals surface area contributed by atoms with Crippen LogP contribution in [-0.2, 0) is 11.2 Å². The summed E-state index contributed by atoms with van der Waals surface area (Å²) in [5.74, 6) is 1.08. The molecule has 4 nitrogen and oxygen atoms in total. The Hall–Kier alpha value is -1.13. The Morgan fingerprint density at radius 3 is 2.81 bits per heavy atom. The van der Waals surface area contributed by atoms with Crippen molar-refractivity contribution in [1.82, 2.24) is 4.98 Å². The van der Waals surface area contributed by atoms with Crippen LogP contribution in [0.25, 0.3) is 0 Å². The van der Waals surface area contributed by atoms with Gasteiger partial charge in [-0.2, -0.15) is 0 Å². The molecular formula is C17H29N3O. The Morgan fingerprint density at radius 2 is 2.24 bits per heavy atom. The van der Waals surface area contributed by atoms with Gasteiger partial charge in [-0.05, 0) is 51.7 Å². The number of hydrogen-bond acceptors (Lipinski definition) is 4. The summed E-state index contributed by atoms with van der Waals surface area (Å²) in [6.07, 6.45) is 4.10. The molecule has 1 aliphatic rings. The number of ether oxygens (including phenoxy) is 1. The molecule has 0 aromatic carbocycles. The first-order valence-corrected chi connectivity index (χ1v) is 7.94. The highest BCUT2D eigenvalue weighted by Gasteiger charge is 2.32. The number of aryl methyl sites for hydroxylation is 1. The van der Waals surface area contributed by atoms with E-state index in [-0.39, 0.29) is 17.7 Å². The highest BCUT2D eigenvalue weighted by atomic mass is 16.5. The molecule has 1 fully saturated rings. The number of aromatic nitrogens is 1. The Labute approximate surface area is 128 Å². The van der Waals surface area contributed by atoms with Gasteiger partial charge in [-0.3, -0.25) is 0 Å². The molecule has 1 aromatic heterocycles. The summed E-state index contributed by atoms with van der Waals surface area (Å²) in [5, 5.41) is 0. The molecule has 2 N–H and O–H groups in total. The SMILES string of the molecule is CCC(N)Cc1cnc(N2CC(C)OC(C)(C)C2)c(C)c1. The molecule has 1 aromatic rings. The second-order valence-electron chi connectivity index (χ2n) is 6.93. The largest absolute Gasteiger partial charge is 0.369 e. The number of morpholine rings is 1. The minimum absolute atomic E-state index is 0.130. The zero-order valence-corrected chi connectivity index (χ0v) is 14.0. The average Bonchev–Trinajstić information content (AvgIpc) is 2.36. The van der Waals surface area contributed by atoms with Crippen LogP contribution in [0.3, 0.4) is 0 Å². The van der Waals surface area contributed by atoms with Crippen molar-refractivity contribution in [1.29, 1.82) is 0 Å². The van der Waals surface area contributed by atoms with Crippen molar-refractivity contribution in [3.8, 4) is 0 Å². The van der Waals surface area contributed by atoms with Gasteiger partial charge in [-0.1, -0.05) is 13.0 Å². The van der Waals surface area contributed by atoms with Gasteiger partial charge in [0.25, 0.3) is 0 Å². The van der Waals surface area contributed by atoms with Crippen molar-refractivity contribution in [2.24, 2.45) is 5.73 Å². The number of anilines is 1. The molecule has 0 radical (unpaired) electrons. The molecule has 1 aliphatic heterocycles. The first-order valence-electron chi connectivity index (χ1n) is 7.94. The molecule has 0 saturated carbocycles. The van der Waals surface area contributed by atoms with Gasteiger partial charge < -0.3 is 15.4 Å². The number of rotatable bonds is 4. The number of hydrogen-bond donors (Lipinski definition) is 1. The summed E-state index contributed by atoms with van der Waals surface area (Å²) in [7, 11) is 0. The van der Waals surface area contributed by atoms with Gasteiger partial charge in [-0.25, -0.2) is 4.98 Å². The zero-order chi connectivity index (χ0) is 15.6. The van der Waals surface area contributed by atoms with Gasteiger partial charge in [0.2, 0.25) is 0 Å². The van der Waals surface area contributed by atoms with Gasteiger partial charge in [0, 0.05) is 25.3 Å². The molecule has 2 heterocycles. The Kier molecular flexibility index (Phi) is 4.89. The van der Waals surface area contributed by atoms with Crippen molar-refractivity contribution in [3.05, 3.63) is 23.4 Å². The van der Waals surface area contributed by atoms with Gasteiger partial charge in [-0.15, -0.1) is 0 Å². The minimum Gasteiger partial charge on any atom is -0.369 e. The summed E-state index contributed by atoms with van der Waals surface area (Å²) < 4.78 is 5.97. The van der Waals surface area contributed by atoms with E-state index < -0.39 is 0 Å². The van der Waals surface area contributed by atoms with Crippen molar-refractivity contribution >= 4 is 5.82 Å². The van der Waals surface area contributed by atoms with E-state index in [0.717, 1.165) is 31.7 Å². The van der Waals surface area contributed by atoms with Crippen LogP contribution < -0.4 is 10.6 Å².